The fourth-order valence-electron chi connectivity index (χ4n) is 1.55. The van der Waals surface area contributed by atoms with E-state index in [0.717, 1.165) is 31.9 Å². The molecule has 0 atom stereocenters. The van der Waals surface area contributed by atoms with Crippen molar-refractivity contribution in [2.45, 2.75) is 18.9 Å². The molecule has 0 saturated carbocycles. The van der Waals surface area contributed by atoms with Gasteiger partial charge < -0.3 is 10.6 Å². The standard InChI is InChI=1S/C9H14N4.2ClH/c10-8-2-6-13(7-3-8)9-11-4-1-5-12-9;;/h1,4-5,8H,2-3,6-7,10H2;2*1H. The second-order valence-corrected chi connectivity index (χ2v) is 3.37. The highest BCUT2D eigenvalue weighted by atomic mass is 35.5. The van der Waals surface area contributed by atoms with E-state index in [2.05, 4.69) is 14.9 Å². The Bertz CT molecular complexity index is 262. The summed E-state index contributed by atoms with van der Waals surface area (Å²) in [7, 11) is 0. The van der Waals surface area contributed by atoms with Crippen molar-refractivity contribution in [3.05, 3.63) is 18.5 Å². The minimum Gasteiger partial charge on any atom is -0.341 e. The molecule has 1 aliphatic rings. The zero-order valence-corrected chi connectivity index (χ0v) is 10.0. The van der Waals surface area contributed by atoms with Gasteiger partial charge in [-0.2, -0.15) is 0 Å². The molecule has 0 bridgehead atoms. The number of piperidine rings is 1. The summed E-state index contributed by atoms with van der Waals surface area (Å²) in [6.07, 6.45) is 5.63. The van der Waals surface area contributed by atoms with E-state index in [0.29, 0.717) is 6.04 Å². The Balaban J connectivity index is 0.000000980. The van der Waals surface area contributed by atoms with Gasteiger partial charge in [-0.3, -0.25) is 0 Å². The lowest BCUT2D eigenvalue weighted by atomic mass is 10.1. The highest BCUT2D eigenvalue weighted by Gasteiger charge is 2.17. The molecule has 0 amide bonds. The number of nitrogens with two attached hydrogens (primary N) is 1. The van der Waals surface area contributed by atoms with Crippen molar-refractivity contribution in [1.29, 1.82) is 0 Å². The van der Waals surface area contributed by atoms with E-state index < -0.39 is 0 Å². The Labute approximate surface area is 102 Å². The van der Waals surface area contributed by atoms with Crippen LogP contribution in [-0.2, 0) is 0 Å². The second-order valence-electron chi connectivity index (χ2n) is 3.37. The minimum atomic E-state index is 0. The van der Waals surface area contributed by atoms with Gasteiger partial charge in [0, 0.05) is 31.5 Å². The van der Waals surface area contributed by atoms with Crippen LogP contribution < -0.4 is 10.6 Å². The van der Waals surface area contributed by atoms with Crippen molar-refractivity contribution >= 4 is 30.8 Å². The van der Waals surface area contributed by atoms with Crippen molar-refractivity contribution in [2.24, 2.45) is 5.73 Å². The van der Waals surface area contributed by atoms with E-state index in [1.54, 1.807) is 12.4 Å². The quantitative estimate of drug-likeness (QED) is 0.816. The molecule has 86 valence electrons. The minimum absolute atomic E-state index is 0. The maximum atomic E-state index is 5.81. The Morgan fingerprint density at radius 3 is 2.20 bits per heavy atom. The molecule has 0 aromatic carbocycles. The van der Waals surface area contributed by atoms with Gasteiger partial charge in [0.2, 0.25) is 5.95 Å². The highest BCUT2D eigenvalue weighted by molar-refractivity contribution is 5.85. The summed E-state index contributed by atoms with van der Waals surface area (Å²) in [5.74, 6) is 0.828. The first-order valence-electron chi connectivity index (χ1n) is 4.64. The molecule has 1 saturated heterocycles. The largest absolute Gasteiger partial charge is 0.341 e. The second kappa shape index (κ2) is 6.82. The predicted molar refractivity (Wildman–Crippen MR) is 66.0 cm³/mol. The summed E-state index contributed by atoms with van der Waals surface area (Å²) in [5, 5.41) is 0. The van der Waals surface area contributed by atoms with Crippen molar-refractivity contribution in [3.63, 3.8) is 0 Å². The number of halogens is 2. The molecular formula is C9H16Cl2N4. The summed E-state index contributed by atoms with van der Waals surface area (Å²) in [6, 6.07) is 2.19. The lowest BCUT2D eigenvalue weighted by Crippen LogP contribution is -2.40. The van der Waals surface area contributed by atoms with Crippen LogP contribution in [0, 0.1) is 0 Å². The van der Waals surface area contributed by atoms with Gasteiger partial charge in [-0.1, -0.05) is 0 Å². The zero-order chi connectivity index (χ0) is 9.10. The first-order valence-corrected chi connectivity index (χ1v) is 4.64. The van der Waals surface area contributed by atoms with Crippen LogP contribution in [0.15, 0.2) is 18.5 Å². The summed E-state index contributed by atoms with van der Waals surface area (Å²) in [4.78, 5) is 10.6. The average molecular weight is 251 g/mol. The van der Waals surface area contributed by atoms with E-state index >= 15 is 0 Å². The number of anilines is 1. The number of hydrogen-bond donors (Lipinski definition) is 1. The lowest BCUT2D eigenvalue weighted by molar-refractivity contribution is 0.495. The zero-order valence-electron chi connectivity index (χ0n) is 8.37. The molecule has 0 aliphatic carbocycles. The molecule has 1 fully saturated rings. The molecule has 2 rings (SSSR count). The number of nitrogens with zero attached hydrogens (tertiary/aromatic N) is 3. The fourth-order valence-corrected chi connectivity index (χ4v) is 1.55. The van der Waals surface area contributed by atoms with Crippen LogP contribution in [0.25, 0.3) is 0 Å². The number of rotatable bonds is 1. The van der Waals surface area contributed by atoms with Crippen molar-refractivity contribution in [2.75, 3.05) is 18.0 Å². The van der Waals surface area contributed by atoms with Crippen LogP contribution >= 0.6 is 24.8 Å². The van der Waals surface area contributed by atoms with E-state index in [4.69, 9.17) is 5.73 Å². The van der Waals surface area contributed by atoms with Crippen LogP contribution in [0.2, 0.25) is 0 Å². The third-order valence-corrected chi connectivity index (χ3v) is 2.37. The maximum Gasteiger partial charge on any atom is 0.225 e. The Morgan fingerprint density at radius 2 is 1.67 bits per heavy atom. The van der Waals surface area contributed by atoms with Crippen LogP contribution in [0.5, 0.6) is 0 Å². The monoisotopic (exact) mass is 250 g/mol. The van der Waals surface area contributed by atoms with Crippen LogP contribution in [-0.4, -0.2) is 29.1 Å². The van der Waals surface area contributed by atoms with Gasteiger partial charge in [0.05, 0.1) is 0 Å². The van der Waals surface area contributed by atoms with Gasteiger partial charge in [-0.25, -0.2) is 9.97 Å². The number of aromatic nitrogens is 2. The molecule has 1 aromatic rings. The highest BCUT2D eigenvalue weighted by Crippen LogP contribution is 2.13. The van der Waals surface area contributed by atoms with Crippen molar-refractivity contribution < 1.29 is 0 Å². The molecule has 6 heteroatoms. The smallest absolute Gasteiger partial charge is 0.225 e. The molecule has 0 spiro atoms. The summed E-state index contributed by atoms with van der Waals surface area (Å²) < 4.78 is 0. The maximum absolute atomic E-state index is 5.81. The summed E-state index contributed by atoms with van der Waals surface area (Å²) >= 11 is 0. The fraction of sp³-hybridized carbons (Fsp3) is 0.556. The Kier molecular flexibility index (Phi) is 6.56. The van der Waals surface area contributed by atoms with Gasteiger partial charge in [0.15, 0.2) is 0 Å². The molecule has 0 radical (unpaired) electrons. The molecule has 1 aliphatic heterocycles. The topological polar surface area (TPSA) is 55.0 Å². The number of hydrogen-bond acceptors (Lipinski definition) is 4. The molecule has 2 N–H and O–H groups in total. The van der Waals surface area contributed by atoms with E-state index in [-0.39, 0.29) is 24.8 Å². The molecule has 15 heavy (non-hydrogen) atoms. The molecular weight excluding hydrogens is 235 g/mol. The van der Waals surface area contributed by atoms with E-state index in [1.165, 1.54) is 0 Å². The molecule has 4 nitrogen and oxygen atoms in total. The summed E-state index contributed by atoms with van der Waals surface area (Å²) in [6.45, 7) is 1.95. The third kappa shape index (κ3) is 3.81. The lowest BCUT2D eigenvalue weighted by Gasteiger charge is -2.29. The summed E-state index contributed by atoms with van der Waals surface area (Å²) in [5.41, 5.74) is 5.81. The van der Waals surface area contributed by atoms with Gasteiger partial charge in [0.25, 0.3) is 0 Å². The van der Waals surface area contributed by atoms with Crippen molar-refractivity contribution in [1.82, 2.24) is 9.97 Å². The normalized spacial score (nSPS) is 16.5. The van der Waals surface area contributed by atoms with E-state index in [9.17, 15) is 0 Å². The SMILES string of the molecule is Cl.Cl.NC1CCN(c2ncccn2)CC1. The Hall–Kier alpha value is -0.580. The average Bonchev–Trinajstić information content (AvgIpc) is 2.20. The van der Waals surface area contributed by atoms with E-state index in [1.807, 2.05) is 6.07 Å². The predicted octanol–water partition coefficient (Wildman–Crippen LogP) is 1.25. The van der Waals surface area contributed by atoms with Gasteiger partial charge >= 0.3 is 0 Å². The van der Waals surface area contributed by atoms with Crippen LogP contribution in [0.1, 0.15) is 12.8 Å². The molecule has 2 heterocycles. The van der Waals surface area contributed by atoms with Crippen LogP contribution in [0.4, 0.5) is 5.95 Å². The van der Waals surface area contributed by atoms with Crippen LogP contribution in [0.3, 0.4) is 0 Å². The first-order chi connectivity index (χ1) is 6.36. The third-order valence-electron chi connectivity index (χ3n) is 2.37. The molecule has 1 aromatic heterocycles. The van der Waals surface area contributed by atoms with Crippen molar-refractivity contribution in [3.8, 4) is 0 Å². The Morgan fingerprint density at radius 1 is 1.13 bits per heavy atom. The van der Waals surface area contributed by atoms with Gasteiger partial charge in [-0.05, 0) is 18.9 Å². The van der Waals surface area contributed by atoms with Gasteiger partial charge in [-0.15, -0.1) is 24.8 Å². The first kappa shape index (κ1) is 14.4. The van der Waals surface area contributed by atoms with Gasteiger partial charge in [0.1, 0.15) is 0 Å². The molecule has 0 unspecified atom stereocenters.